The van der Waals surface area contributed by atoms with Crippen molar-refractivity contribution in [3.8, 4) is 11.5 Å². The Balaban J connectivity index is 1.79. The van der Waals surface area contributed by atoms with Crippen molar-refractivity contribution in [3.05, 3.63) is 48.0 Å². The Kier molecular flexibility index (Phi) is 6.39. The van der Waals surface area contributed by atoms with Crippen molar-refractivity contribution >= 4 is 23.2 Å². The van der Waals surface area contributed by atoms with E-state index in [-0.39, 0.29) is 11.8 Å². The summed E-state index contributed by atoms with van der Waals surface area (Å²) < 4.78 is 10.9. The van der Waals surface area contributed by atoms with Crippen molar-refractivity contribution in [2.24, 2.45) is 0 Å². The van der Waals surface area contributed by atoms with Crippen molar-refractivity contribution in [2.75, 3.05) is 44.5 Å². The molecule has 3 rings (SSSR count). The van der Waals surface area contributed by atoms with Crippen molar-refractivity contribution in [3.63, 3.8) is 0 Å². The van der Waals surface area contributed by atoms with E-state index in [1.807, 2.05) is 14.1 Å². The summed E-state index contributed by atoms with van der Waals surface area (Å²) in [5, 5.41) is 2.89. The average molecular weight is 397 g/mol. The molecule has 1 aliphatic heterocycles. The second-order valence-corrected chi connectivity index (χ2v) is 7.27. The summed E-state index contributed by atoms with van der Waals surface area (Å²) in [6.07, 6.45) is 0.314. The van der Waals surface area contributed by atoms with Gasteiger partial charge in [-0.1, -0.05) is 0 Å². The molecule has 7 nitrogen and oxygen atoms in total. The van der Waals surface area contributed by atoms with E-state index in [1.165, 1.54) is 0 Å². The number of nitrogens with zero attached hydrogens (tertiary/aromatic N) is 2. The zero-order valence-corrected chi connectivity index (χ0v) is 17.3. The van der Waals surface area contributed by atoms with E-state index >= 15 is 0 Å². The smallest absolute Gasteiger partial charge is 0.267 e. The normalized spacial score (nSPS) is 15.7. The molecule has 0 saturated carbocycles. The summed E-state index contributed by atoms with van der Waals surface area (Å²) >= 11 is 0. The third-order valence-corrected chi connectivity index (χ3v) is 4.76. The second kappa shape index (κ2) is 8.96. The van der Waals surface area contributed by atoms with Crippen molar-refractivity contribution in [1.29, 1.82) is 0 Å². The molecule has 2 aromatic rings. The van der Waals surface area contributed by atoms with Gasteiger partial charge in [0.25, 0.3) is 11.8 Å². The first-order chi connectivity index (χ1) is 13.9. The summed E-state index contributed by atoms with van der Waals surface area (Å²) in [6.45, 7) is 3.22. The molecule has 2 aromatic carbocycles. The van der Waals surface area contributed by atoms with Crippen LogP contribution in [0.4, 0.5) is 11.4 Å². The molecule has 0 radical (unpaired) electrons. The quantitative estimate of drug-likeness (QED) is 0.778. The van der Waals surface area contributed by atoms with Crippen LogP contribution in [0.25, 0.3) is 0 Å². The van der Waals surface area contributed by atoms with Crippen LogP contribution < -0.4 is 19.7 Å². The van der Waals surface area contributed by atoms with E-state index in [0.717, 1.165) is 13.0 Å². The second-order valence-electron chi connectivity index (χ2n) is 7.27. The lowest BCUT2D eigenvalue weighted by Gasteiger charge is -2.33. The van der Waals surface area contributed by atoms with Crippen LogP contribution >= 0.6 is 0 Å². The summed E-state index contributed by atoms with van der Waals surface area (Å²) in [5.74, 6) is 1.02. The first-order valence-electron chi connectivity index (χ1n) is 9.61. The molecule has 1 unspecified atom stereocenters. The van der Waals surface area contributed by atoms with Gasteiger partial charge in [0.05, 0.1) is 12.8 Å². The number of benzene rings is 2. The average Bonchev–Trinajstić information content (AvgIpc) is 2.71. The number of fused-ring (bicyclic) bond motifs is 1. The largest absolute Gasteiger partial charge is 0.497 e. The van der Waals surface area contributed by atoms with E-state index < -0.39 is 6.10 Å². The van der Waals surface area contributed by atoms with Gasteiger partial charge in [-0.15, -0.1) is 0 Å². The SMILES string of the molecule is COc1ccc(C(=O)Nc2ccc3c(c2)N(CCCN(C)C)C(=O)C(C)O3)cc1. The minimum absolute atomic E-state index is 0.0742. The summed E-state index contributed by atoms with van der Waals surface area (Å²) in [5.41, 5.74) is 1.81. The van der Waals surface area contributed by atoms with Crippen molar-refractivity contribution in [1.82, 2.24) is 4.90 Å². The predicted molar refractivity (Wildman–Crippen MR) is 113 cm³/mol. The van der Waals surface area contributed by atoms with Gasteiger partial charge in [-0.25, -0.2) is 0 Å². The van der Waals surface area contributed by atoms with Crippen molar-refractivity contribution in [2.45, 2.75) is 19.4 Å². The van der Waals surface area contributed by atoms with Crippen LogP contribution in [0.3, 0.4) is 0 Å². The Morgan fingerprint density at radius 1 is 1.21 bits per heavy atom. The fraction of sp³-hybridized carbons (Fsp3) is 0.364. The maximum absolute atomic E-state index is 12.7. The van der Waals surface area contributed by atoms with Gasteiger partial charge in [-0.3, -0.25) is 9.59 Å². The van der Waals surface area contributed by atoms with E-state index in [9.17, 15) is 9.59 Å². The highest BCUT2D eigenvalue weighted by atomic mass is 16.5. The molecule has 0 aliphatic carbocycles. The monoisotopic (exact) mass is 397 g/mol. The molecular formula is C22H27N3O4. The Bertz CT molecular complexity index is 880. The van der Waals surface area contributed by atoms with Gasteiger partial charge >= 0.3 is 0 Å². The molecule has 0 aromatic heterocycles. The highest BCUT2D eigenvalue weighted by Gasteiger charge is 2.31. The van der Waals surface area contributed by atoms with Crippen LogP contribution in [-0.2, 0) is 4.79 Å². The lowest BCUT2D eigenvalue weighted by atomic mass is 10.1. The third kappa shape index (κ3) is 4.86. The number of ether oxygens (including phenoxy) is 2. The van der Waals surface area contributed by atoms with Crippen LogP contribution in [0, 0.1) is 0 Å². The van der Waals surface area contributed by atoms with E-state index in [2.05, 4.69) is 10.2 Å². The fourth-order valence-electron chi connectivity index (χ4n) is 3.21. The van der Waals surface area contributed by atoms with E-state index in [4.69, 9.17) is 9.47 Å². The molecule has 0 saturated heterocycles. The Morgan fingerprint density at radius 3 is 2.59 bits per heavy atom. The molecule has 7 heteroatoms. The number of nitrogens with one attached hydrogen (secondary N) is 1. The van der Waals surface area contributed by atoms with Gasteiger partial charge in [-0.05, 0) is 76.4 Å². The Morgan fingerprint density at radius 2 is 1.93 bits per heavy atom. The fourth-order valence-corrected chi connectivity index (χ4v) is 3.21. The predicted octanol–water partition coefficient (Wildman–Crippen LogP) is 3.01. The molecule has 1 aliphatic rings. The van der Waals surface area contributed by atoms with Crippen LogP contribution in [0.1, 0.15) is 23.7 Å². The first-order valence-corrected chi connectivity index (χ1v) is 9.61. The lowest BCUT2D eigenvalue weighted by molar-refractivity contribution is -0.125. The summed E-state index contributed by atoms with van der Waals surface area (Å²) in [4.78, 5) is 29.1. The van der Waals surface area contributed by atoms with Crippen LogP contribution in [0.2, 0.25) is 0 Å². The van der Waals surface area contributed by atoms with Crippen LogP contribution in [-0.4, -0.2) is 57.1 Å². The molecule has 0 bridgehead atoms. The maximum atomic E-state index is 12.7. The maximum Gasteiger partial charge on any atom is 0.267 e. The molecule has 1 heterocycles. The minimum atomic E-state index is -0.526. The van der Waals surface area contributed by atoms with E-state index in [0.29, 0.717) is 35.0 Å². The van der Waals surface area contributed by atoms with Gasteiger partial charge in [0.2, 0.25) is 0 Å². The third-order valence-electron chi connectivity index (χ3n) is 4.76. The number of anilines is 2. The number of hydrogen-bond acceptors (Lipinski definition) is 5. The molecule has 2 amide bonds. The Hall–Kier alpha value is -3.06. The minimum Gasteiger partial charge on any atom is -0.497 e. The molecule has 154 valence electrons. The number of amides is 2. The molecule has 0 spiro atoms. The van der Waals surface area contributed by atoms with Gasteiger partial charge in [0, 0.05) is 17.8 Å². The van der Waals surface area contributed by atoms with Crippen LogP contribution in [0.5, 0.6) is 11.5 Å². The van der Waals surface area contributed by atoms with E-state index in [1.54, 1.807) is 61.4 Å². The zero-order chi connectivity index (χ0) is 21.0. The number of methoxy groups -OCH3 is 1. The summed E-state index contributed by atoms with van der Waals surface area (Å²) in [7, 11) is 5.59. The van der Waals surface area contributed by atoms with Crippen LogP contribution in [0.15, 0.2) is 42.5 Å². The molecule has 1 N–H and O–H groups in total. The van der Waals surface area contributed by atoms with Gasteiger partial charge < -0.3 is 24.6 Å². The number of carbonyl (C=O) groups excluding carboxylic acids is 2. The number of hydrogen-bond donors (Lipinski definition) is 1. The number of carbonyl (C=O) groups is 2. The Labute approximate surface area is 171 Å². The molecule has 0 fully saturated rings. The molecule has 1 atom stereocenters. The lowest BCUT2D eigenvalue weighted by Crippen LogP contribution is -2.45. The highest BCUT2D eigenvalue weighted by Crippen LogP contribution is 2.36. The molecular weight excluding hydrogens is 370 g/mol. The van der Waals surface area contributed by atoms with Crippen molar-refractivity contribution < 1.29 is 19.1 Å². The first kappa shape index (κ1) is 20.7. The summed E-state index contributed by atoms with van der Waals surface area (Å²) in [6, 6.07) is 12.2. The highest BCUT2D eigenvalue weighted by molar-refractivity contribution is 6.05. The van der Waals surface area contributed by atoms with Gasteiger partial charge in [-0.2, -0.15) is 0 Å². The van der Waals surface area contributed by atoms with Gasteiger partial charge in [0.15, 0.2) is 6.10 Å². The zero-order valence-electron chi connectivity index (χ0n) is 17.3. The standard InChI is InChI=1S/C22H27N3O4/c1-15-22(27)25(13-5-12-24(2)3)19-14-17(8-11-20(19)29-15)23-21(26)16-6-9-18(28-4)10-7-16/h6-11,14-15H,5,12-13H2,1-4H3,(H,23,26). The number of rotatable bonds is 7. The topological polar surface area (TPSA) is 71.1 Å². The molecule has 29 heavy (non-hydrogen) atoms. The van der Waals surface area contributed by atoms with Gasteiger partial charge in [0.1, 0.15) is 11.5 Å².